The molecule has 0 amide bonds. The van der Waals surface area contributed by atoms with Crippen molar-refractivity contribution in [2.24, 2.45) is 7.05 Å². The maximum Gasteiger partial charge on any atom is 0.342 e. The van der Waals surface area contributed by atoms with Gasteiger partial charge in [0.05, 0.1) is 7.05 Å². The van der Waals surface area contributed by atoms with Crippen molar-refractivity contribution in [1.29, 1.82) is 0 Å². The van der Waals surface area contributed by atoms with Crippen molar-refractivity contribution in [3.8, 4) is 0 Å². The second-order valence-corrected chi connectivity index (χ2v) is 6.44. The largest absolute Gasteiger partial charge is 0.358 e. The summed E-state index contributed by atoms with van der Waals surface area (Å²) in [4.78, 5) is 15.4. The van der Waals surface area contributed by atoms with Crippen LogP contribution in [-0.2, 0) is 7.05 Å². The molecule has 1 aromatic rings. The molecule has 0 saturated carbocycles. The molecule has 0 fully saturated rings. The third kappa shape index (κ3) is 4.95. The third-order valence-corrected chi connectivity index (χ3v) is 4.57. The molecule has 1 aliphatic rings. The van der Waals surface area contributed by atoms with Gasteiger partial charge in [-0.05, 0) is 11.3 Å². The lowest BCUT2D eigenvalue weighted by Gasteiger charge is -2.15. The zero-order valence-corrected chi connectivity index (χ0v) is 14.4. The van der Waals surface area contributed by atoms with Gasteiger partial charge in [0.15, 0.2) is 0 Å². The van der Waals surface area contributed by atoms with Crippen LogP contribution in [-0.4, -0.2) is 25.5 Å². The van der Waals surface area contributed by atoms with E-state index in [2.05, 4.69) is 22.8 Å². The Balaban J connectivity index is 1.71. The van der Waals surface area contributed by atoms with Crippen molar-refractivity contribution in [2.45, 2.75) is 45.4 Å². The molecule has 2 heterocycles. The lowest BCUT2D eigenvalue weighted by molar-refractivity contribution is -0.391. The van der Waals surface area contributed by atoms with E-state index in [1.54, 1.807) is 13.2 Å². The summed E-state index contributed by atoms with van der Waals surface area (Å²) in [7, 11) is 1.65. The molecule has 0 aromatic carbocycles. The van der Waals surface area contributed by atoms with Crippen LogP contribution in [0.3, 0.4) is 0 Å². The van der Waals surface area contributed by atoms with Crippen molar-refractivity contribution < 1.29 is 4.92 Å². The van der Waals surface area contributed by atoms with E-state index in [0.29, 0.717) is 5.82 Å². The lowest BCUT2D eigenvalue weighted by atomic mass is 10.1. The highest BCUT2D eigenvalue weighted by molar-refractivity contribution is 8.06. The van der Waals surface area contributed by atoms with Crippen LogP contribution >= 0.6 is 11.9 Å². The second kappa shape index (κ2) is 8.90. The van der Waals surface area contributed by atoms with Gasteiger partial charge in [0.2, 0.25) is 5.82 Å². The first-order valence-electron chi connectivity index (χ1n) is 7.98. The van der Waals surface area contributed by atoms with Gasteiger partial charge < -0.3 is 15.5 Å². The van der Waals surface area contributed by atoms with Crippen molar-refractivity contribution in [1.82, 2.24) is 24.9 Å². The molecular formula is C14H24N6O2S. The van der Waals surface area contributed by atoms with Gasteiger partial charge in [0.1, 0.15) is 11.1 Å². The van der Waals surface area contributed by atoms with E-state index in [1.165, 1.54) is 54.8 Å². The Labute approximate surface area is 140 Å². The summed E-state index contributed by atoms with van der Waals surface area (Å²) >= 11 is 1.44. The number of aromatic nitrogens is 2. The Kier molecular flexibility index (Phi) is 6.87. The first-order valence-corrected chi connectivity index (χ1v) is 8.75. The van der Waals surface area contributed by atoms with E-state index in [4.69, 9.17) is 0 Å². The summed E-state index contributed by atoms with van der Waals surface area (Å²) in [6.45, 7) is 3.12. The van der Waals surface area contributed by atoms with Crippen LogP contribution in [0.15, 0.2) is 12.4 Å². The minimum Gasteiger partial charge on any atom is -0.358 e. The van der Waals surface area contributed by atoms with Crippen LogP contribution in [0.5, 0.6) is 0 Å². The van der Waals surface area contributed by atoms with E-state index < -0.39 is 4.92 Å². The molecular weight excluding hydrogens is 316 g/mol. The standard InChI is InChI=1S/C14H24N6O2S/c1-3-4-5-6-7-8-9-16-20-17-10-12(23-20)14-15-11-13(18(14)2)19(21)22/h10-11,16-17H,3-9H2,1-2H3. The fourth-order valence-electron chi connectivity index (χ4n) is 2.34. The summed E-state index contributed by atoms with van der Waals surface area (Å²) in [6.07, 6.45) is 10.6. The summed E-state index contributed by atoms with van der Waals surface area (Å²) in [6, 6.07) is 0. The fourth-order valence-corrected chi connectivity index (χ4v) is 3.17. The Bertz CT molecular complexity index is 559. The average molecular weight is 340 g/mol. The first kappa shape index (κ1) is 17.8. The SMILES string of the molecule is CCCCCCCCNN1NC=C(c2ncc([N+](=O)[O-])n2C)S1. The highest BCUT2D eigenvalue weighted by Crippen LogP contribution is 2.32. The number of imidazole rings is 1. The molecule has 23 heavy (non-hydrogen) atoms. The summed E-state index contributed by atoms with van der Waals surface area (Å²) in [5.41, 5.74) is 6.37. The number of rotatable bonds is 10. The van der Waals surface area contributed by atoms with Gasteiger partial charge >= 0.3 is 5.82 Å². The Hall–Kier alpha value is -1.58. The van der Waals surface area contributed by atoms with Crippen molar-refractivity contribution in [3.05, 3.63) is 28.3 Å². The zero-order chi connectivity index (χ0) is 16.7. The van der Waals surface area contributed by atoms with Gasteiger partial charge in [-0.3, -0.25) is 0 Å². The summed E-state index contributed by atoms with van der Waals surface area (Å²) in [5.74, 6) is 0.568. The van der Waals surface area contributed by atoms with E-state index in [1.807, 2.05) is 4.52 Å². The van der Waals surface area contributed by atoms with Gasteiger partial charge in [-0.1, -0.05) is 43.6 Å². The molecule has 0 bridgehead atoms. The smallest absolute Gasteiger partial charge is 0.342 e. The van der Waals surface area contributed by atoms with Crippen LogP contribution in [0, 0.1) is 10.1 Å². The fraction of sp³-hybridized carbons (Fsp3) is 0.643. The maximum atomic E-state index is 10.9. The number of nitrogens with one attached hydrogen (secondary N) is 2. The number of hydrogen-bond acceptors (Lipinski definition) is 7. The summed E-state index contributed by atoms with van der Waals surface area (Å²) < 4.78 is 3.29. The van der Waals surface area contributed by atoms with E-state index in [0.717, 1.165) is 17.9 Å². The minimum atomic E-state index is -0.432. The van der Waals surface area contributed by atoms with Gasteiger partial charge in [0, 0.05) is 24.7 Å². The average Bonchev–Trinajstić information content (AvgIpc) is 3.12. The molecule has 128 valence electrons. The zero-order valence-electron chi connectivity index (χ0n) is 13.6. The van der Waals surface area contributed by atoms with Crippen molar-refractivity contribution in [2.75, 3.05) is 6.54 Å². The monoisotopic (exact) mass is 340 g/mol. The highest BCUT2D eigenvalue weighted by atomic mass is 32.2. The normalized spacial score (nSPS) is 14.8. The molecule has 0 saturated heterocycles. The predicted molar refractivity (Wildman–Crippen MR) is 91.8 cm³/mol. The van der Waals surface area contributed by atoms with E-state index >= 15 is 0 Å². The van der Waals surface area contributed by atoms with Gasteiger partial charge in [-0.2, -0.15) is 0 Å². The van der Waals surface area contributed by atoms with Crippen LogP contribution in [0.4, 0.5) is 5.82 Å². The van der Waals surface area contributed by atoms with Gasteiger partial charge in [-0.25, -0.2) is 15.0 Å². The van der Waals surface area contributed by atoms with Crippen molar-refractivity contribution >= 4 is 22.7 Å². The Morgan fingerprint density at radius 3 is 2.78 bits per heavy atom. The quantitative estimate of drug-likeness (QED) is 0.293. The highest BCUT2D eigenvalue weighted by Gasteiger charge is 2.25. The molecule has 8 nitrogen and oxygen atoms in total. The number of hydrazine groups is 2. The number of nitro groups is 1. The molecule has 1 aromatic heterocycles. The first-order chi connectivity index (χ1) is 11.1. The van der Waals surface area contributed by atoms with E-state index in [-0.39, 0.29) is 5.82 Å². The molecule has 0 atom stereocenters. The van der Waals surface area contributed by atoms with Crippen LogP contribution < -0.4 is 10.9 Å². The number of nitrogens with zero attached hydrogens (tertiary/aromatic N) is 4. The Morgan fingerprint density at radius 1 is 1.35 bits per heavy atom. The molecule has 9 heteroatoms. The van der Waals surface area contributed by atoms with Gasteiger partial charge in [0.25, 0.3) is 0 Å². The lowest BCUT2D eigenvalue weighted by Crippen LogP contribution is -2.38. The summed E-state index contributed by atoms with van der Waals surface area (Å²) in [5, 5.41) is 10.9. The Morgan fingerprint density at radius 2 is 2.09 bits per heavy atom. The molecule has 0 radical (unpaired) electrons. The van der Waals surface area contributed by atoms with Gasteiger partial charge in [-0.15, -0.1) is 0 Å². The molecule has 0 unspecified atom stereocenters. The van der Waals surface area contributed by atoms with Crippen molar-refractivity contribution in [3.63, 3.8) is 0 Å². The minimum absolute atomic E-state index is 0.0139. The van der Waals surface area contributed by atoms with E-state index in [9.17, 15) is 10.1 Å². The number of hydrogen-bond donors (Lipinski definition) is 2. The predicted octanol–water partition coefficient (Wildman–Crippen LogP) is 2.96. The van der Waals surface area contributed by atoms with Crippen LogP contribution in [0.25, 0.3) is 4.91 Å². The number of unbranched alkanes of at least 4 members (excludes halogenated alkanes) is 5. The molecule has 2 rings (SSSR count). The van der Waals surface area contributed by atoms with Crippen LogP contribution in [0.1, 0.15) is 51.3 Å². The maximum absolute atomic E-state index is 10.9. The van der Waals surface area contributed by atoms with Crippen LogP contribution in [0.2, 0.25) is 0 Å². The molecule has 0 aliphatic carbocycles. The second-order valence-electron chi connectivity index (χ2n) is 5.46. The molecule has 2 N–H and O–H groups in total. The third-order valence-electron chi connectivity index (χ3n) is 3.66. The molecule has 1 aliphatic heterocycles. The topological polar surface area (TPSA) is 88.3 Å². The molecule has 0 spiro atoms.